The van der Waals surface area contributed by atoms with Crippen molar-refractivity contribution in [3.05, 3.63) is 54.1 Å². The van der Waals surface area contributed by atoms with Crippen molar-refractivity contribution in [3.8, 4) is 16.9 Å². The molecule has 1 saturated heterocycles. The van der Waals surface area contributed by atoms with E-state index in [1.54, 1.807) is 6.07 Å². The van der Waals surface area contributed by atoms with Crippen molar-refractivity contribution in [2.75, 3.05) is 13.1 Å². The van der Waals surface area contributed by atoms with E-state index < -0.39 is 0 Å². The zero-order valence-corrected chi connectivity index (χ0v) is 12.9. The molecule has 4 N–H and O–H groups in total. The Morgan fingerprint density at radius 3 is 2.52 bits per heavy atom. The van der Waals surface area contributed by atoms with Gasteiger partial charge in [0.1, 0.15) is 11.9 Å². The van der Waals surface area contributed by atoms with Gasteiger partial charge < -0.3 is 10.1 Å². The number of benzene rings is 2. The van der Waals surface area contributed by atoms with Gasteiger partial charge in [-0.2, -0.15) is 0 Å². The Hall–Kier alpha value is -2.37. The van der Waals surface area contributed by atoms with Crippen LogP contribution < -0.4 is 21.3 Å². The Kier molecular flexibility index (Phi) is 4.90. The standard InChI is InChI=1S/C18H21N3O2/c19-21-18(22)15-5-1-3-13(11-15)14-4-2-6-17(12-14)23-16-7-9-20-10-8-16/h1-6,11-12,16,20H,7-10,19H2,(H,21,22). The van der Waals surface area contributed by atoms with Crippen LogP contribution in [0.1, 0.15) is 23.2 Å². The van der Waals surface area contributed by atoms with Gasteiger partial charge in [0.15, 0.2) is 0 Å². The molecule has 0 unspecified atom stereocenters. The predicted molar refractivity (Wildman–Crippen MR) is 90.1 cm³/mol. The molecule has 0 aliphatic carbocycles. The van der Waals surface area contributed by atoms with Gasteiger partial charge in [0.2, 0.25) is 0 Å². The van der Waals surface area contributed by atoms with Crippen molar-refractivity contribution in [1.29, 1.82) is 0 Å². The number of carbonyl (C=O) groups is 1. The van der Waals surface area contributed by atoms with Gasteiger partial charge in [-0.15, -0.1) is 0 Å². The number of nitrogen functional groups attached to an aromatic ring is 1. The van der Waals surface area contributed by atoms with Gasteiger partial charge in [0, 0.05) is 5.56 Å². The molecule has 2 aromatic carbocycles. The summed E-state index contributed by atoms with van der Waals surface area (Å²) in [5, 5.41) is 3.33. The first-order chi connectivity index (χ1) is 11.3. The van der Waals surface area contributed by atoms with E-state index in [9.17, 15) is 4.79 Å². The largest absolute Gasteiger partial charge is 0.490 e. The normalized spacial score (nSPS) is 15.2. The molecule has 2 aromatic rings. The van der Waals surface area contributed by atoms with Crippen molar-refractivity contribution < 1.29 is 9.53 Å². The zero-order chi connectivity index (χ0) is 16.1. The highest BCUT2D eigenvalue weighted by Gasteiger charge is 2.14. The molecule has 5 heteroatoms. The minimum atomic E-state index is -0.297. The number of carbonyl (C=O) groups excluding carboxylic acids is 1. The number of amides is 1. The van der Waals surface area contributed by atoms with Crippen LogP contribution >= 0.6 is 0 Å². The summed E-state index contributed by atoms with van der Waals surface area (Å²) in [7, 11) is 0. The van der Waals surface area contributed by atoms with E-state index >= 15 is 0 Å². The van der Waals surface area contributed by atoms with Gasteiger partial charge in [0.05, 0.1) is 0 Å². The summed E-state index contributed by atoms with van der Waals surface area (Å²) in [6, 6.07) is 15.4. The fraction of sp³-hybridized carbons (Fsp3) is 0.278. The Bertz CT molecular complexity index is 681. The predicted octanol–water partition coefficient (Wildman–Crippen LogP) is 2.09. The van der Waals surface area contributed by atoms with E-state index in [1.165, 1.54) is 0 Å². The van der Waals surface area contributed by atoms with Crippen LogP contribution in [0.5, 0.6) is 5.75 Å². The summed E-state index contributed by atoms with van der Waals surface area (Å²) < 4.78 is 6.08. The van der Waals surface area contributed by atoms with Gasteiger partial charge >= 0.3 is 0 Å². The van der Waals surface area contributed by atoms with Gasteiger partial charge in [-0.05, 0) is 61.3 Å². The zero-order valence-electron chi connectivity index (χ0n) is 12.9. The molecule has 5 nitrogen and oxygen atoms in total. The average Bonchev–Trinajstić information content (AvgIpc) is 2.62. The molecule has 1 amide bonds. The molecule has 23 heavy (non-hydrogen) atoms. The molecule has 0 radical (unpaired) electrons. The smallest absolute Gasteiger partial charge is 0.265 e. The molecule has 0 saturated carbocycles. The lowest BCUT2D eigenvalue weighted by Gasteiger charge is -2.24. The maximum Gasteiger partial charge on any atom is 0.265 e. The lowest BCUT2D eigenvalue weighted by molar-refractivity contribution is 0.0953. The molecular weight excluding hydrogens is 290 g/mol. The van der Waals surface area contributed by atoms with Gasteiger partial charge in [-0.25, -0.2) is 5.84 Å². The van der Waals surface area contributed by atoms with Crippen LogP contribution in [0.3, 0.4) is 0 Å². The molecule has 1 heterocycles. The maximum absolute atomic E-state index is 11.7. The number of hydrogen-bond donors (Lipinski definition) is 3. The van der Waals surface area contributed by atoms with Gasteiger partial charge in [-0.1, -0.05) is 24.3 Å². The lowest BCUT2D eigenvalue weighted by Crippen LogP contribution is -2.34. The second-order valence-corrected chi connectivity index (χ2v) is 5.65. The van der Waals surface area contributed by atoms with Crippen LogP contribution in [0.4, 0.5) is 0 Å². The van der Waals surface area contributed by atoms with Crippen LogP contribution in [0.25, 0.3) is 11.1 Å². The number of hydrazine groups is 1. The third-order valence-electron chi connectivity index (χ3n) is 4.01. The SMILES string of the molecule is NNC(=O)c1cccc(-c2cccc(OC3CCNCC3)c2)c1. The molecule has 0 spiro atoms. The first-order valence-electron chi connectivity index (χ1n) is 7.85. The van der Waals surface area contributed by atoms with E-state index in [1.807, 2.05) is 42.5 Å². The first-order valence-corrected chi connectivity index (χ1v) is 7.85. The highest BCUT2D eigenvalue weighted by Crippen LogP contribution is 2.26. The molecule has 3 rings (SSSR count). The third-order valence-corrected chi connectivity index (χ3v) is 4.01. The second kappa shape index (κ2) is 7.26. The molecule has 120 valence electrons. The van der Waals surface area contributed by atoms with Crippen molar-refractivity contribution in [3.63, 3.8) is 0 Å². The Balaban J connectivity index is 1.80. The summed E-state index contributed by atoms with van der Waals surface area (Å²) >= 11 is 0. The summed E-state index contributed by atoms with van der Waals surface area (Å²) in [6.07, 6.45) is 2.31. The van der Waals surface area contributed by atoms with E-state index in [0.717, 1.165) is 42.8 Å². The summed E-state index contributed by atoms with van der Waals surface area (Å²) in [5.74, 6) is 5.76. The maximum atomic E-state index is 11.7. The van der Waals surface area contributed by atoms with Crippen molar-refractivity contribution in [2.24, 2.45) is 5.84 Å². The Labute approximate surface area is 135 Å². The van der Waals surface area contributed by atoms with E-state index in [4.69, 9.17) is 10.6 Å². The molecule has 0 atom stereocenters. The fourth-order valence-corrected chi connectivity index (χ4v) is 2.78. The van der Waals surface area contributed by atoms with Crippen LogP contribution in [0.2, 0.25) is 0 Å². The third kappa shape index (κ3) is 3.88. The molecule has 1 fully saturated rings. The summed E-state index contributed by atoms with van der Waals surface area (Å²) in [6.45, 7) is 2.00. The number of piperidine rings is 1. The van der Waals surface area contributed by atoms with Crippen LogP contribution in [0.15, 0.2) is 48.5 Å². The monoisotopic (exact) mass is 311 g/mol. The molecule has 1 aliphatic rings. The van der Waals surface area contributed by atoms with E-state index in [-0.39, 0.29) is 12.0 Å². The molecular formula is C18H21N3O2. The highest BCUT2D eigenvalue weighted by molar-refractivity contribution is 5.95. The Morgan fingerprint density at radius 2 is 1.78 bits per heavy atom. The lowest BCUT2D eigenvalue weighted by atomic mass is 10.0. The van der Waals surface area contributed by atoms with Crippen molar-refractivity contribution in [2.45, 2.75) is 18.9 Å². The van der Waals surface area contributed by atoms with Gasteiger partial charge in [0.25, 0.3) is 5.91 Å². The fourth-order valence-electron chi connectivity index (χ4n) is 2.78. The quantitative estimate of drug-likeness (QED) is 0.459. The number of nitrogens with two attached hydrogens (primary N) is 1. The number of nitrogens with one attached hydrogen (secondary N) is 2. The highest BCUT2D eigenvalue weighted by atomic mass is 16.5. The number of hydrogen-bond acceptors (Lipinski definition) is 4. The van der Waals surface area contributed by atoms with E-state index in [0.29, 0.717) is 5.56 Å². The molecule has 1 aliphatic heterocycles. The first kappa shape index (κ1) is 15.5. The van der Waals surface area contributed by atoms with E-state index in [2.05, 4.69) is 10.7 Å². The summed E-state index contributed by atoms with van der Waals surface area (Å²) in [5.41, 5.74) is 4.67. The van der Waals surface area contributed by atoms with Crippen LogP contribution in [-0.4, -0.2) is 25.1 Å². The van der Waals surface area contributed by atoms with Crippen molar-refractivity contribution >= 4 is 5.91 Å². The number of rotatable bonds is 4. The molecule has 0 bridgehead atoms. The Morgan fingerprint density at radius 1 is 1.09 bits per heavy atom. The minimum Gasteiger partial charge on any atom is -0.490 e. The second-order valence-electron chi connectivity index (χ2n) is 5.65. The van der Waals surface area contributed by atoms with Crippen molar-refractivity contribution in [1.82, 2.24) is 10.7 Å². The summed E-state index contributed by atoms with van der Waals surface area (Å²) in [4.78, 5) is 11.7. The van der Waals surface area contributed by atoms with Crippen LogP contribution in [-0.2, 0) is 0 Å². The molecule has 0 aromatic heterocycles. The average molecular weight is 311 g/mol. The topological polar surface area (TPSA) is 76.4 Å². The number of ether oxygens (including phenoxy) is 1. The van der Waals surface area contributed by atoms with Crippen LogP contribution in [0, 0.1) is 0 Å². The minimum absolute atomic E-state index is 0.265. The van der Waals surface area contributed by atoms with Gasteiger partial charge in [-0.3, -0.25) is 10.2 Å².